The van der Waals surface area contributed by atoms with Crippen LogP contribution in [-0.2, 0) is 9.59 Å². The van der Waals surface area contributed by atoms with E-state index < -0.39 is 23.4 Å². The second-order valence-electron chi connectivity index (χ2n) is 4.04. The molecule has 0 saturated carbocycles. The topological polar surface area (TPSA) is 58.2 Å². The van der Waals surface area contributed by atoms with Gasteiger partial charge in [-0.3, -0.25) is 9.59 Å². The number of hydrogen-bond acceptors (Lipinski definition) is 2. The van der Waals surface area contributed by atoms with Gasteiger partial charge in [0.1, 0.15) is 11.6 Å². The van der Waals surface area contributed by atoms with Crippen molar-refractivity contribution in [2.24, 2.45) is 0 Å². The molecule has 0 aliphatic carbocycles. The predicted molar refractivity (Wildman–Crippen MR) is 67.5 cm³/mol. The Morgan fingerprint density at radius 2 is 1.89 bits per heavy atom. The smallest absolute Gasteiger partial charge is 0.313 e. The lowest BCUT2D eigenvalue weighted by molar-refractivity contribution is -0.136. The fourth-order valence-electron chi connectivity index (χ4n) is 1.43. The van der Waals surface area contributed by atoms with E-state index in [1.807, 2.05) is 6.92 Å². The maximum Gasteiger partial charge on any atom is 0.313 e. The molecule has 0 radical (unpaired) electrons. The number of unbranched alkanes of at least 4 members (excludes halogenated alkanes) is 2. The second-order valence-corrected chi connectivity index (χ2v) is 4.04. The van der Waals surface area contributed by atoms with E-state index in [9.17, 15) is 18.4 Å². The minimum absolute atomic E-state index is 0.227. The highest BCUT2D eigenvalue weighted by molar-refractivity contribution is 6.39. The molecule has 0 aromatic heterocycles. The van der Waals surface area contributed by atoms with Crippen LogP contribution in [0.15, 0.2) is 18.2 Å². The van der Waals surface area contributed by atoms with Crippen molar-refractivity contribution in [3.8, 4) is 0 Å². The molecule has 0 fully saturated rings. The van der Waals surface area contributed by atoms with Gasteiger partial charge < -0.3 is 10.6 Å². The Balaban J connectivity index is 2.47. The SMILES string of the molecule is CCCCCNC(=O)C(=O)Nc1ccc(F)cc1F. The zero-order chi connectivity index (χ0) is 14.3. The highest BCUT2D eigenvalue weighted by Gasteiger charge is 2.15. The molecule has 0 spiro atoms. The second kappa shape index (κ2) is 7.45. The maximum absolute atomic E-state index is 13.2. The largest absolute Gasteiger partial charge is 0.348 e. The van der Waals surface area contributed by atoms with Crippen molar-refractivity contribution in [2.45, 2.75) is 26.2 Å². The monoisotopic (exact) mass is 270 g/mol. The van der Waals surface area contributed by atoms with E-state index >= 15 is 0 Å². The Morgan fingerprint density at radius 3 is 2.53 bits per heavy atom. The summed E-state index contributed by atoms with van der Waals surface area (Å²) in [6.45, 7) is 2.41. The van der Waals surface area contributed by atoms with Crippen LogP contribution in [0.1, 0.15) is 26.2 Å². The number of amides is 2. The van der Waals surface area contributed by atoms with Crippen LogP contribution < -0.4 is 10.6 Å². The number of carbonyl (C=O) groups excluding carboxylic acids is 2. The molecule has 1 aromatic rings. The summed E-state index contributed by atoms with van der Waals surface area (Å²) < 4.78 is 25.9. The van der Waals surface area contributed by atoms with E-state index in [1.165, 1.54) is 0 Å². The fourth-order valence-corrected chi connectivity index (χ4v) is 1.43. The first-order valence-corrected chi connectivity index (χ1v) is 6.08. The molecule has 19 heavy (non-hydrogen) atoms. The van der Waals surface area contributed by atoms with Crippen LogP contribution in [-0.4, -0.2) is 18.4 Å². The number of halogens is 2. The van der Waals surface area contributed by atoms with Gasteiger partial charge in [-0.15, -0.1) is 0 Å². The fraction of sp³-hybridized carbons (Fsp3) is 0.385. The standard InChI is InChI=1S/C13H16F2N2O2/c1-2-3-4-7-16-12(18)13(19)17-11-6-5-9(14)8-10(11)15/h5-6,8H,2-4,7H2,1H3,(H,16,18)(H,17,19). The molecule has 0 unspecified atom stereocenters. The Bertz CT molecular complexity index is 464. The maximum atomic E-state index is 13.2. The third kappa shape index (κ3) is 5.03. The molecule has 0 aliphatic rings. The molecule has 6 heteroatoms. The zero-order valence-corrected chi connectivity index (χ0v) is 10.6. The van der Waals surface area contributed by atoms with Gasteiger partial charge in [0, 0.05) is 12.6 Å². The Hall–Kier alpha value is -1.98. The van der Waals surface area contributed by atoms with E-state index in [4.69, 9.17) is 0 Å². The quantitative estimate of drug-likeness (QED) is 0.636. The van der Waals surface area contributed by atoms with E-state index in [2.05, 4.69) is 10.6 Å². The van der Waals surface area contributed by atoms with Gasteiger partial charge >= 0.3 is 11.8 Å². The average Bonchev–Trinajstić information content (AvgIpc) is 2.37. The molecule has 1 rings (SSSR count). The van der Waals surface area contributed by atoms with Gasteiger partial charge in [-0.25, -0.2) is 8.78 Å². The van der Waals surface area contributed by atoms with Crippen LogP contribution in [0.5, 0.6) is 0 Å². The first-order valence-electron chi connectivity index (χ1n) is 6.08. The molecule has 0 atom stereocenters. The number of nitrogens with one attached hydrogen (secondary N) is 2. The van der Waals surface area contributed by atoms with Gasteiger partial charge in [-0.05, 0) is 18.6 Å². The molecule has 0 aliphatic heterocycles. The van der Waals surface area contributed by atoms with Crippen molar-refractivity contribution in [1.82, 2.24) is 5.32 Å². The third-order valence-corrected chi connectivity index (χ3v) is 2.45. The Morgan fingerprint density at radius 1 is 1.16 bits per heavy atom. The molecular weight excluding hydrogens is 254 g/mol. The van der Waals surface area contributed by atoms with Crippen LogP contribution >= 0.6 is 0 Å². The molecule has 104 valence electrons. The average molecular weight is 270 g/mol. The van der Waals surface area contributed by atoms with Crippen LogP contribution in [0.25, 0.3) is 0 Å². The van der Waals surface area contributed by atoms with E-state index in [-0.39, 0.29) is 5.69 Å². The summed E-state index contributed by atoms with van der Waals surface area (Å²) in [6, 6.07) is 2.69. The van der Waals surface area contributed by atoms with Gasteiger partial charge in [-0.1, -0.05) is 19.8 Å². The summed E-state index contributed by atoms with van der Waals surface area (Å²) in [5.41, 5.74) is -0.227. The first-order chi connectivity index (χ1) is 9.04. The molecule has 0 heterocycles. The number of carbonyl (C=O) groups is 2. The van der Waals surface area contributed by atoms with Gasteiger partial charge in [-0.2, -0.15) is 0 Å². The Labute approximate surface area is 110 Å². The highest BCUT2D eigenvalue weighted by atomic mass is 19.1. The highest BCUT2D eigenvalue weighted by Crippen LogP contribution is 2.14. The van der Waals surface area contributed by atoms with Crippen molar-refractivity contribution < 1.29 is 18.4 Å². The summed E-state index contributed by atoms with van der Waals surface area (Å²) >= 11 is 0. The molecule has 4 nitrogen and oxygen atoms in total. The molecule has 1 aromatic carbocycles. The minimum atomic E-state index is -0.970. The van der Waals surface area contributed by atoms with Gasteiger partial charge in [0.25, 0.3) is 0 Å². The van der Waals surface area contributed by atoms with Gasteiger partial charge in [0.2, 0.25) is 0 Å². The minimum Gasteiger partial charge on any atom is -0.348 e. The van der Waals surface area contributed by atoms with E-state index in [0.717, 1.165) is 31.4 Å². The number of benzene rings is 1. The number of anilines is 1. The molecule has 0 saturated heterocycles. The zero-order valence-electron chi connectivity index (χ0n) is 10.6. The van der Waals surface area contributed by atoms with Crippen LogP contribution in [0.3, 0.4) is 0 Å². The summed E-state index contributed by atoms with van der Waals surface area (Å²) in [5, 5.41) is 4.51. The molecular formula is C13H16F2N2O2. The van der Waals surface area contributed by atoms with Crippen molar-refractivity contribution in [3.63, 3.8) is 0 Å². The predicted octanol–water partition coefficient (Wildman–Crippen LogP) is 2.21. The third-order valence-electron chi connectivity index (χ3n) is 2.45. The summed E-state index contributed by atoms with van der Waals surface area (Å²) in [7, 11) is 0. The summed E-state index contributed by atoms with van der Waals surface area (Å²) in [4.78, 5) is 22.8. The van der Waals surface area contributed by atoms with Crippen LogP contribution in [0.4, 0.5) is 14.5 Å². The lowest BCUT2D eigenvalue weighted by Gasteiger charge is -2.07. The molecule has 0 bridgehead atoms. The van der Waals surface area contributed by atoms with Crippen molar-refractivity contribution in [3.05, 3.63) is 29.8 Å². The Kier molecular flexibility index (Phi) is 5.92. The summed E-state index contributed by atoms with van der Waals surface area (Å²) in [5.74, 6) is -3.48. The van der Waals surface area contributed by atoms with Gasteiger partial charge in [0.05, 0.1) is 5.69 Å². The summed E-state index contributed by atoms with van der Waals surface area (Å²) in [6.07, 6.45) is 2.73. The number of rotatable bonds is 5. The lowest BCUT2D eigenvalue weighted by Crippen LogP contribution is -2.36. The number of hydrogen-bond donors (Lipinski definition) is 2. The van der Waals surface area contributed by atoms with Crippen molar-refractivity contribution >= 4 is 17.5 Å². The van der Waals surface area contributed by atoms with E-state index in [1.54, 1.807) is 0 Å². The van der Waals surface area contributed by atoms with Crippen molar-refractivity contribution in [1.29, 1.82) is 0 Å². The lowest BCUT2D eigenvalue weighted by atomic mass is 10.2. The van der Waals surface area contributed by atoms with Gasteiger partial charge in [0.15, 0.2) is 0 Å². The molecule has 2 amide bonds. The molecule has 2 N–H and O–H groups in total. The van der Waals surface area contributed by atoms with Crippen LogP contribution in [0, 0.1) is 11.6 Å². The first kappa shape index (κ1) is 15.1. The van der Waals surface area contributed by atoms with E-state index in [0.29, 0.717) is 12.6 Å². The normalized spacial score (nSPS) is 10.1. The van der Waals surface area contributed by atoms with Crippen LogP contribution in [0.2, 0.25) is 0 Å². The van der Waals surface area contributed by atoms with Crippen molar-refractivity contribution in [2.75, 3.05) is 11.9 Å².